The van der Waals surface area contributed by atoms with Crippen LogP contribution < -0.4 is 0 Å². The van der Waals surface area contributed by atoms with Gasteiger partial charge in [-0.25, -0.2) is 0 Å². The van der Waals surface area contributed by atoms with E-state index < -0.39 is 0 Å². The van der Waals surface area contributed by atoms with Crippen molar-refractivity contribution in [3.8, 4) is 11.8 Å². The molecule has 0 radical (unpaired) electrons. The molecule has 2 rings (SSSR count). The number of hydrogen-bond donors (Lipinski definition) is 0. The second-order valence-electron chi connectivity index (χ2n) is 16.8. The van der Waals surface area contributed by atoms with E-state index in [1.807, 2.05) is 6.21 Å². The Kier molecular flexibility index (Phi) is 36.4. The van der Waals surface area contributed by atoms with Crippen molar-refractivity contribution in [2.75, 3.05) is 0 Å². The van der Waals surface area contributed by atoms with Gasteiger partial charge in [0.2, 0.25) is 0 Å². The molecular weight excluding hydrogens is 735 g/mol. The van der Waals surface area contributed by atoms with Gasteiger partial charge in [0.05, 0.1) is 17.1 Å². The maximum atomic E-state index is 5.21. The van der Waals surface area contributed by atoms with E-state index >= 15 is 0 Å². The molecule has 0 N–H and O–H groups in total. The zero-order valence-corrected chi connectivity index (χ0v) is 38.9. The average molecular weight is 824 g/mol. The van der Waals surface area contributed by atoms with Gasteiger partial charge in [0.25, 0.3) is 0 Å². The van der Waals surface area contributed by atoms with Crippen LogP contribution in [-0.2, 0) is 35.8 Å². The molecule has 3 heteroatoms. The van der Waals surface area contributed by atoms with Crippen molar-refractivity contribution in [2.24, 2.45) is 9.98 Å². The Bertz CT molecular complexity index is 1330. The monoisotopic (exact) mass is 823 g/mol. The van der Waals surface area contributed by atoms with Gasteiger partial charge in [0.1, 0.15) is 0 Å². The van der Waals surface area contributed by atoms with Crippen molar-refractivity contribution in [2.45, 2.75) is 246 Å². The second-order valence-corrected chi connectivity index (χ2v) is 16.8. The molecule has 0 saturated carbocycles. The predicted octanol–water partition coefficient (Wildman–Crippen LogP) is 18.0. The quantitative estimate of drug-likeness (QED) is 0.0283. The fourth-order valence-electron chi connectivity index (χ4n) is 7.76. The molecular formula is C54H88N2Ni. The third kappa shape index (κ3) is 28.8. The molecule has 0 heterocycles. The smallest absolute Gasteiger partial charge is 0.0665 e. The third-order valence-corrected chi connectivity index (χ3v) is 11.5. The van der Waals surface area contributed by atoms with Crippen LogP contribution in [0, 0.1) is 11.8 Å². The van der Waals surface area contributed by atoms with Gasteiger partial charge in [0, 0.05) is 35.5 Å². The van der Waals surface area contributed by atoms with E-state index in [9.17, 15) is 0 Å². The molecule has 2 nitrogen and oxygen atoms in total. The minimum Gasteiger partial charge on any atom is -0.255 e. The fourth-order valence-corrected chi connectivity index (χ4v) is 7.76. The van der Waals surface area contributed by atoms with Gasteiger partial charge in [0.15, 0.2) is 0 Å². The maximum absolute atomic E-state index is 5.21. The van der Waals surface area contributed by atoms with Crippen LogP contribution in [0.3, 0.4) is 0 Å². The van der Waals surface area contributed by atoms with Crippen molar-refractivity contribution < 1.29 is 16.5 Å². The number of rotatable bonds is 36. The molecule has 0 spiro atoms. The molecule has 2 aromatic rings. The summed E-state index contributed by atoms with van der Waals surface area (Å²) >= 11 is 0. The summed E-state index contributed by atoms with van der Waals surface area (Å²) < 4.78 is 0. The Morgan fingerprint density at radius 1 is 0.456 bits per heavy atom. The fraction of sp³-hybridized carbons (Fsp3) is 0.704. The Morgan fingerprint density at radius 2 is 0.930 bits per heavy atom. The number of aryl methyl sites for hydroxylation is 3. The van der Waals surface area contributed by atoms with Gasteiger partial charge in [-0.15, -0.1) is 11.8 Å². The van der Waals surface area contributed by atoms with Gasteiger partial charge < -0.3 is 0 Å². The molecule has 57 heavy (non-hydrogen) atoms. The number of benzene rings is 2. The van der Waals surface area contributed by atoms with Crippen molar-refractivity contribution >= 4 is 23.3 Å². The van der Waals surface area contributed by atoms with Crippen LogP contribution in [0.1, 0.15) is 243 Å². The van der Waals surface area contributed by atoms with Crippen LogP contribution >= 0.6 is 0 Å². The normalized spacial score (nSPS) is 11.5. The second kappa shape index (κ2) is 39.3. The first-order valence-corrected chi connectivity index (χ1v) is 24.5. The Balaban J connectivity index is 0.0000162. The van der Waals surface area contributed by atoms with E-state index in [0.717, 1.165) is 55.6 Å². The molecule has 0 fully saturated rings. The molecule has 0 aliphatic rings. The van der Waals surface area contributed by atoms with Crippen LogP contribution in [0.4, 0.5) is 11.4 Å². The number of para-hydroxylation sites is 1. The summed E-state index contributed by atoms with van der Waals surface area (Å²) in [5.74, 6) is 6.95. The van der Waals surface area contributed by atoms with E-state index in [0.29, 0.717) is 0 Å². The van der Waals surface area contributed by atoms with Crippen LogP contribution in [0.25, 0.3) is 0 Å². The van der Waals surface area contributed by atoms with Crippen LogP contribution in [0.15, 0.2) is 52.4 Å². The molecule has 0 unspecified atom stereocenters. The largest absolute Gasteiger partial charge is 0.255 e. The van der Waals surface area contributed by atoms with E-state index in [1.165, 1.54) is 196 Å². The van der Waals surface area contributed by atoms with Crippen molar-refractivity contribution in [3.05, 3.63) is 59.2 Å². The predicted molar refractivity (Wildman–Crippen MR) is 253 cm³/mol. The number of unbranched alkanes of at least 4 members (excludes halogenated alkanes) is 25. The molecule has 0 atom stereocenters. The molecule has 0 aliphatic heterocycles. The standard InChI is InChI=1S/C54H88N2.Ni/c1-5-9-13-14-15-16-17-18-19-20-21-22-23-24-25-26-27-28-29-30-31-32-33-34-36-41-50-42-37-38-44-54(50)56-53(43-35-10-6-2)48-55-52-46-45-49(39-11-7-3)51(47-52)40-12-8-4;/h37-38,42,44-48H,5-32,35-36,39-41,43H2,1-4H3;. The number of hydrogen-bond acceptors (Lipinski definition) is 2. The minimum atomic E-state index is 0. The van der Waals surface area contributed by atoms with E-state index in [1.54, 1.807) is 0 Å². The average Bonchev–Trinajstić information content (AvgIpc) is 3.22. The van der Waals surface area contributed by atoms with Gasteiger partial charge in [-0.05, 0) is 86.3 Å². The Morgan fingerprint density at radius 3 is 1.49 bits per heavy atom. The first kappa shape index (κ1) is 52.9. The van der Waals surface area contributed by atoms with Crippen molar-refractivity contribution in [1.82, 2.24) is 0 Å². The summed E-state index contributed by atoms with van der Waals surface area (Å²) in [6.45, 7) is 9.13. The van der Waals surface area contributed by atoms with Gasteiger partial charge >= 0.3 is 0 Å². The van der Waals surface area contributed by atoms with Crippen molar-refractivity contribution in [1.29, 1.82) is 0 Å². The minimum absolute atomic E-state index is 0. The molecule has 0 bridgehead atoms. The number of aliphatic imine (C=N–C) groups is 2. The molecule has 324 valence electrons. The zero-order chi connectivity index (χ0) is 40.0. The van der Waals surface area contributed by atoms with Crippen LogP contribution in [0.5, 0.6) is 0 Å². The van der Waals surface area contributed by atoms with Crippen molar-refractivity contribution in [3.63, 3.8) is 0 Å². The molecule has 0 aromatic heterocycles. The van der Waals surface area contributed by atoms with E-state index in [2.05, 4.69) is 82.0 Å². The SMILES string of the molecule is CCCCCCCCCCCCCCCCCCCCCCCC#CCCc1ccccc1N=C(C=Nc1ccc(CCCC)c(CCCC)c1)CCCCC.[Ni]. The molecule has 0 saturated heterocycles. The summed E-state index contributed by atoms with van der Waals surface area (Å²) in [6.07, 6.45) is 46.7. The third-order valence-electron chi connectivity index (χ3n) is 11.5. The summed E-state index contributed by atoms with van der Waals surface area (Å²) in [7, 11) is 0. The first-order chi connectivity index (χ1) is 27.7. The van der Waals surface area contributed by atoms with E-state index in [4.69, 9.17) is 9.98 Å². The number of nitrogens with zero attached hydrogens (tertiary/aromatic N) is 2. The summed E-state index contributed by atoms with van der Waals surface area (Å²) in [5, 5.41) is 0. The molecule has 2 aromatic carbocycles. The molecule has 0 amide bonds. The van der Waals surface area contributed by atoms with E-state index in [-0.39, 0.29) is 16.5 Å². The zero-order valence-electron chi connectivity index (χ0n) is 37.9. The summed E-state index contributed by atoms with van der Waals surface area (Å²) in [5.41, 5.74) is 7.49. The van der Waals surface area contributed by atoms with Gasteiger partial charge in [-0.2, -0.15) is 0 Å². The van der Waals surface area contributed by atoms with Crippen LogP contribution in [0.2, 0.25) is 0 Å². The topological polar surface area (TPSA) is 24.7 Å². The van der Waals surface area contributed by atoms with Gasteiger partial charge in [-0.1, -0.05) is 206 Å². The summed E-state index contributed by atoms with van der Waals surface area (Å²) in [6, 6.07) is 15.5. The first-order valence-electron chi connectivity index (χ1n) is 24.5. The molecule has 0 aliphatic carbocycles. The summed E-state index contributed by atoms with van der Waals surface area (Å²) in [4.78, 5) is 10.2. The Labute approximate surface area is 365 Å². The maximum Gasteiger partial charge on any atom is 0.0665 e. The van der Waals surface area contributed by atoms with Crippen LogP contribution in [-0.4, -0.2) is 11.9 Å². The van der Waals surface area contributed by atoms with Gasteiger partial charge in [-0.3, -0.25) is 9.98 Å². The Hall–Kier alpha value is -2.17.